The van der Waals surface area contributed by atoms with E-state index >= 15 is 0 Å². The van der Waals surface area contributed by atoms with Crippen molar-refractivity contribution in [3.05, 3.63) is 89.4 Å². The minimum atomic E-state index is -0.941. The number of thiophene rings is 1. The molecule has 0 radical (unpaired) electrons. The quantitative estimate of drug-likeness (QED) is 0.384. The van der Waals surface area contributed by atoms with Gasteiger partial charge in [-0.2, -0.15) is 0 Å². The van der Waals surface area contributed by atoms with Crippen LogP contribution in [-0.4, -0.2) is 15.0 Å². The Labute approximate surface area is 211 Å². The van der Waals surface area contributed by atoms with E-state index < -0.39 is 35.3 Å². The summed E-state index contributed by atoms with van der Waals surface area (Å²) in [6.07, 6.45) is 3.35. The van der Waals surface area contributed by atoms with Crippen molar-refractivity contribution in [1.82, 2.24) is 9.13 Å². The van der Waals surface area contributed by atoms with Gasteiger partial charge < -0.3 is 5.32 Å². The third-order valence-electron chi connectivity index (χ3n) is 5.91. The van der Waals surface area contributed by atoms with E-state index in [9.17, 15) is 23.2 Å². The third-order valence-corrected chi connectivity index (χ3v) is 7.96. The van der Waals surface area contributed by atoms with Gasteiger partial charge in [-0.05, 0) is 61.6 Å². The number of hydrogen-bond acceptors (Lipinski definition) is 4. The number of nitrogens with one attached hydrogen (secondary N) is 1. The summed E-state index contributed by atoms with van der Waals surface area (Å²) < 4.78 is 29.5. The molecule has 4 aromatic rings. The predicted octanol–water partition coefficient (Wildman–Crippen LogP) is 5.32. The van der Waals surface area contributed by atoms with Crippen LogP contribution in [0.15, 0.2) is 46.0 Å². The Kier molecular flexibility index (Phi) is 6.25. The van der Waals surface area contributed by atoms with Gasteiger partial charge in [0.1, 0.15) is 23.0 Å². The Hall–Kier alpha value is -3.01. The summed E-state index contributed by atoms with van der Waals surface area (Å²) in [5.74, 6) is -2.43. The van der Waals surface area contributed by atoms with E-state index in [4.69, 9.17) is 23.2 Å². The van der Waals surface area contributed by atoms with Crippen molar-refractivity contribution in [2.45, 2.75) is 32.2 Å². The molecular weight excluding hydrogens is 519 g/mol. The minimum absolute atomic E-state index is 0.166. The molecule has 1 amide bonds. The molecule has 180 valence electrons. The van der Waals surface area contributed by atoms with Crippen LogP contribution in [0.3, 0.4) is 0 Å². The summed E-state index contributed by atoms with van der Waals surface area (Å²) in [4.78, 5) is 41.4. The van der Waals surface area contributed by atoms with Gasteiger partial charge in [0.25, 0.3) is 5.56 Å². The number of anilines is 1. The SMILES string of the molecule is O=C(Cn1c(=O)n(-c2ccc(Cl)c(Cl)c2)c(=O)c2c3c(sc21)CCCC3)Nc1ccc(F)cc1F. The smallest absolute Gasteiger partial charge is 0.322 e. The summed E-state index contributed by atoms with van der Waals surface area (Å²) in [6.45, 7) is -0.479. The lowest BCUT2D eigenvalue weighted by Crippen LogP contribution is -2.40. The summed E-state index contributed by atoms with van der Waals surface area (Å²) in [5, 5.41) is 3.18. The molecule has 11 heteroatoms. The molecule has 0 fully saturated rings. The standard InChI is InChI=1S/C24H17Cl2F2N3O3S/c25-15-7-6-13(10-16(15)26)31-22(33)21-14-3-1-2-4-19(14)35-23(21)30(24(31)34)11-20(32)29-18-8-5-12(27)9-17(18)28/h5-10H,1-4,11H2,(H,29,32). The van der Waals surface area contributed by atoms with E-state index in [2.05, 4.69) is 5.32 Å². The molecule has 35 heavy (non-hydrogen) atoms. The lowest BCUT2D eigenvalue weighted by molar-refractivity contribution is -0.116. The molecule has 0 spiro atoms. The summed E-state index contributed by atoms with van der Waals surface area (Å²) in [7, 11) is 0. The van der Waals surface area contributed by atoms with Crippen LogP contribution >= 0.6 is 34.5 Å². The van der Waals surface area contributed by atoms with Crippen LogP contribution in [0.2, 0.25) is 10.0 Å². The number of nitrogens with zero attached hydrogens (tertiary/aromatic N) is 2. The van der Waals surface area contributed by atoms with Gasteiger partial charge in [-0.15, -0.1) is 11.3 Å². The number of halogens is 4. The molecule has 1 N–H and O–H groups in total. The zero-order valence-electron chi connectivity index (χ0n) is 18.0. The molecule has 0 bridgehead atoms. The van der Waals surface area contributed by atoms with Crippen molar-refractivity contribution in [3.63, 3.8) is 0 Å². The van der Waals surface area contributed by atoms with E-state index in [1.54, 1.807) is 0 Å². The van der Waals surface area contributed by atoms with E-state index in [0.717, 1.165) is 46.4 Å². The lowest BCUT2D eigenvalue weighted by Gasteiger charge is -2.14. The molecule has 0 saturated heterocycles. The van der Waals surface area contributed by atoms with Crippen LogP contribution in [0.5, 0.6) is 0 Å². The van der Waals surface area contributed by atoms with Crippen molar-refractivity contribution in [1.29, 1.82) is 0 Å². The number of rotatable bonds is 4. The fourth-order valence-corrected chi connectivity index (χ4v) is 5.95. The Balaban J connectivity index is 1.68. The fraction of sp³-hybridized carbons (Fsp3) is 0.208. The van der Waals surface area contributed by atoms with Gasteiger partial charge in [-0.3, -0.25) is 14.2 Å². The Morgan fingerprint density at radius 1 is 1.03 bits per heavy atom. The molecule has 0 atom stereocenters. The summed E-state index contributed by atoms with van der Waals surface area (Å²) >= 11 is 13.5. The Morgan fingerprint density at radius 3 is 2.54 bits per heavy atom. The largest absolute Gasteiger partial charge is 0.337 e. The number of benzene rings is 2. The Morgan fingerprint density at radius 2 is 1.80 bits per heavy atom. The third kappa shape index (κ3) is 4.28. The van der Waals surface area contributed by atoms with Crippen LogP contribution in [0.25, 0.3) is 15.9 Å². The normalized spacial score (nSPS) is 13.1. The highest BCUT2D eigenvalue weighted by atomic mass is 35.5. The van der Waals surface area contributed by atoms with Crippen molar-refractivity contribution >= 4 is 56.3 Å². The second kappa shape index (κ2) is 9.22. The number of aryl methyl sites for hydroxylation is 2. The first-order valence-corrected chi connectivity index (χ1v) is 12.3. The molecule has 1 aliphatic rings. The maximum absolute atomic E-state index is 14.1. The van der Waals surface area contributed by atoms with Crippen LogP contribution in [0, 0.1) is 11.6 Å². The van der Waals surface area contributed by atoms with Gasteiger partial charge in [-0.25, -0.2) is 18.1 Å². The van der Waals surface area contributed by atoms with Gasteiger partial charge in [-0.1, -0.05) is 23.2 Å². The highest BCUT2D eigenvalue weighted by molar-refractivity contribution is 7.18. The zero-order chi connectivity index (χ0) is 24.9. The average Bonchev–Trinajstić information content (AvgIpc) is 3.21. The fourth-order valence-electron chi connectivity index (χ4n) is 4.28. The molecule has 0 saturated carbocycles. The predicted molar refractivity (Wildman–Crippen MR) is 133 cm³/mol. The molecule has 2 heterocycles. The lowest BCUT2D eigenvalue weighted by atomic mass is 9.97. The number of hydrogen-bond donors (Lipinski definition) is 1. The zero-order valence-corrected chi connectivity index (χ0v) is 20.4. The molecule has 5 rings (SSSR count). The monoisotopic (exact) mass is 535 g/mol. The first-order chi connectivity index (χ1) is 16.7. The number of aromatic nitrogens is 2. The summed E-state index contributed by atoms with van der Waals surface area (Å²) in [5.41, 5.74) is -0.359. The minimum Gasteiger partial charge on any atom is -0.322 e. The van der Waals surface area contributed by atoms with Crippen molar-refractivity contribution < 1.29 is 13.6 Å². The van der Waals surface area contributed by atoms with Crippen LogP contribution in [0.4, 0.5) is 14.5 Å². The number of carbonyl (C=O) groups is 1. The molecule has 6 nitrogen and oxygen atoms in total. The van der Waals surface area contributed by atoms with Gasteiger partial charge in [0.15, 0.2) is 0 Å². The second-order valence-corrected chi connectivity index (χ2v) is 10.1. The van der Waals surface area contributed by atoms with Gasteiger partial charge in [0.2, 0.25) is 5.91 Å². The van der Waals surface area contributed by atoms with E-state index in [0.29, 0.717) is 22.7 Å². The Bertz CT molecular complexity index is 1630. The van der Waals surface area contributed by atoms with Crippen molar-refractivity contribution in [3.8, 4) is 5.69 Å². The molecule has 1 aliphatic carbocycles. The van der Waals surface area contributed by atoms with Crippen LogP contribution in [0.1, 0.15) is 23.3 Å². The van der Waals surface area contributed by atoms with E-state index in [1.165, 1.54) is 34.1 Å². The maximum Gasteiger partial charge on any atom is 0.337 e. The molecule has 2 aromatic carbocycles. The van der Waals surface area contributed by atoms with Crippen LogP contribution < -0.4 is 16.6 Å². The van der Waals surface area contributed by atoms with Crippen LogP contribution in [-0.2, 0) is 24.2 Å². The van der Waals surface area contributed by atoms with Gasteiger partial charge in [0.05, 0.1) is 26.8 Å². The van der Waals surface area contributed by atoms with Gasteiger partial charge >= 0.3 is 5.69 Å². The first-order valence-electron chi connectivity index (χ1n) is 10.7. The molecule has 0 aliphatic heterocycles. The van der Waals surface area contributed by atoms with Crippen molar-refractivity contribution in [2.75, 3.05) is 5.32 Å². The maximum atomic E-state index is 14.1. The van der Waals surface area contributed by atoms with E-state index in [-0.39, 0.29) is 21.4 Å². The highest BCUT2D eigenvalue weighted by Gasteiger charge is 2.25. The topological polar surface area (TPSA) is 73.1 Å². The summed E-state index contributed by atoms with van der Waals surface area (Å²) in [6, 6.07) is 7.16. The number of carbonyl (C=O) groups excluding carboxylic acids is 1. The first kappa shape index (κ1) is 23.7. The molecule has 0 unspecified atom stereocenters. The highest BCUT2D eigenvalue weighted by Crippen LogP contribution is 2.34. The van der Waals surface area contributed by atoms with Crippen molar-refractivity contribution in [2.24, 2.45) is 0 Å². The number of amides is 1. The molecular formula is C24H17Cl2F2N3O3S. The average molecular weight is 536 g/mol. The van der Waals surface area contributed by atoms with E-state index in [1.807, 2.05) is 0 Å². The second-order valence-electron chi connectivity index (χ2n) is 8.17. The molecule has 2 aromatic heterocycles. The van der Waals surface area contributed by atoms with Gasteiger partial charge in [0, 0.05) is 10.9 Å². The number of fused-ring (bicyclic) bond motifs is 3.